The van der Waals surface area contributed by atoms with E-state index < -0.39 is 6.10 Å². The SMILES string of the molecule is CC[C@H](O)Cn1nnc([C@@H](NC(=O)c2ccccc2)C2CC2)n1. The van der Waals surface area contributed by atoms with Gasteiger partial charge in [0.05, 0.1) is 18.7 Å². The Morgan fingerprint density at radius 1 is 1.39 bits per heavy atom. The van der Waals surface area contributed by atoms with Gasteiger partial charge in [0.15, 0.2) is 5.82 Å². The van der Waals surface area contributed by atoms with E-state index in [1.807, 2.05) is 25.1 Å². The van der Waals surface area contributed by atoms with E-state index in [1.165, 1.54) is 4.80 Å². The number of benzene rings is 1. The Bertz CT molecular complexity index is 654. The summed E-state index contributed by atoms with van der Waals surface area (Å²) >= 11 is 0. The van der Waals surface area contributed by atoms with E-state index in [9.17, 15) is 9.90 Å². The van der Waals surface area contributed by atoms with E-state index in [4.69, 9.17) is 0 Å². The summed E-state index contributed by atoms with van der Waals surface area (Å²) in [6, 6.07) is 8.88. The minimum absolute atomic E-state index is 0.132. The summed E-state index contributed by atoms with van der Waals surface area (Å²) in [5.41, 5.74) is 0.618. The van der Waals surface area contributed by atoms with Gasteiger partial charge < -0.3 is 10.4 Å². The molecule has 3 rings (SSSR count). The number of aliphatic hydroxyl groups excluding tert-OH is 1. The van der Waals surface area contributed by atoms with Gasteiger partial charge in [-0.15, -0.1) is 10.2 Å². The van der Waals surface area contributed by atoms with Crippen LogP contribution in [-0.4, -0.2) is 37.3 Å². The second-order valence-electron chi connectivity index (χ2n) is 5.92. The highest BCUT2D eigenvalue weighted by molar-refractivity contribution is 5.94. The van der Waals surface area contributed by atoms with Crippen molar-refractivity contribution in [3.8, 4) is 0 Å². The van der Waals surface area contributed by atoms with Gasteiger partial charge in [-0.2, -0.15) is 4.80 Å². The second kappa shape index (κ2) is 6.87. The molecule has 7 nitrogen and oxygen atoms in total. The smallest absolute Gasteiger partial charge is 0.251 e. The lowest BCUT2D eigenvalue weighted by Crippen LogP contribution is -2.30. The molecule has 0 bridgehead atoms. The molecule has 0 spiro atoms. The van der Waals surface area contributed by atoms with E-state index in [0.29, 0.717) is 30.3 Å². The summed E-state index contributed by atoms with van der Waals surface area (Å²) in [6.45, 7) is 2.21. The Kier molecular flexibility index (Phi) is 4.66. The molecule has 2 aromatic rings. The summed E-state index contributed by atoms with van der Waals surface area (Å²) in [7, 11) is 0. The predicted molar refractivity (Wildman–Crippen MR) is 83.5 cm³/mol. The zero-order chi connectivity index (χ0) is 16.2. The number of carbonyl (C=O) groups excluding carboxylic acids is 1. The molecule has 1 saturated carbocycles. The van der Waals surface area contributed by atoms with Crippen LogP contribution in [0.4, 0.5) is 0 Å². The number of nitrogens with zero attached hydrogens (tertiary/aromatic N) is 4. The highest BCUT2D eigenvalue weighted by Crippen LogP contribution is 2.39. The fourth-order valence-corrected chi connectivity index (χ4v) is 2.41. The second-order valence-corrected chi connectivity index (χ2v) is 5.92. The lowest BCUT2D eigenvalue weighted by Gasteiger charge is -2.14. The van der Waals surface area contributed by atoms with Gasteiger partial charge in [0, 0.05) is 5.56 Å². The third kappa shape index (κ3) is 3.92. The number of carbonyl (C=O) groups is 1. The van der Waals surface area contributed by atoms with Crippen LogP contribution in [0.5, 0.6) is 0 Å². The maximum atomic E-state index is 12.4. The molecule has 1 aliphatic carbocycles. The number of hydrogen-bond acceptors (Lipinski definition) is 5. The first-order valence-electron chi connectivity index (χ1n) is 7.99. The topological polar surface area (TPSA) is 92.9 Å². The van der Waals surface area contributed by atoms with Crippen LogP contribution in [0.3, 0.4) is 0 Å². The van der Waals surface area contributed by atoms with Gasteiger partial charge in [-0.3, -0.25) is 4.79 Å². The van der Waals surface area contributed by atoms with Crippen molar-refractivity contribution < 1.29 is 9.90 Å². The molecule has 1 aromatic carbocycles. The summed E-state index contributed by atoms with van der Waals surface area (Å²) in [5, 5.41) is 25.1. The minimum Gasteiger partial charge on any atom is -0.391 e. The number of amides is 1. The third-order valence-electron chi connectivity index (χ3n) is 4.01. The number of hydrogen-bond donors (Lipinski definition) is 2. The molecule has 23 heavy (non-hydrogen) atoms. The van der Waals surface area contributed by atoms with E-state index >= 15 is 0 Å². The first kappa shape index (κ1) is 15.6. The average Bonchev–Trinajstić information content (AvgIpc) is 3.32. The van der Waals surface area contributed by atoms with Crippen LogP contribution in [0, 0.1) is 5.92 Å². The molecule has 1 fully saturated rings. The van der Waals surface area contributed by atoms with Crippen LogP contribution in [0.2, 0.25) is 0 Å². The van der Waals surface area contributed by atoms with Crippen molar-refractivity contribution in [2.75, 3.05) is 0 Å². The van der Waals surface area contributed by atoms with Crippen LogP contribution in [-0.2, 0) is 6.54 Å². The van der Waals surface area contributed by atoms with Gasteiger partial charge in [-0.25, -0.2) is 0 Å². The third-order valence-corrected chi connectivity index (χ3v) is 4.01. The minimum atomic E-state index is -0.490. The number of aromatic nitrogens is 4. The highest BCUT2D eigenvalue weighted by atomic mass is 16.3. The molecular weight excluding hydrogens is 294 g/mol. The van der Waals surface area contributed by atoms with Crippen LogP contribution < -0.4 is 5.32 Å². The van der Waals surface area contributed by atoms with Crippen LogP contribution in [0.1, 0.15) is 48.4 Å². The Morgan fingerprint density at radius 3 is 2.78 bits per heavy atom. The Balaban J connectivity index is 1.71. The molecular formula is C16H21N5O2. The molecule has 1 heterocycles. The molecule has 0 unspecified atom stereocenters. The van der Waals surface area contributed by atoms with Crippen molar-refractivity contribution >= 4 is 5.91 Å². The average molecular weight is 315 g/mol. The van der Waals surface area contributed by atoms with Crippen molar-refractivity contribution in [3.05, 3.63) is 41.7 Å². The van der Waals surface area contributed by atoms with E-state index in [2.05, 4.69) is 20.7 Å². The number of nitrogens with one attached hydrogen (secondary N) is 1. The number of aliphatic hydroxyl groups is 1. The quantitative estimate of drug-likeness (QED) is 0.804. The van der Waals surface area contributed by atoms with Crippen LogP contribution in [0.25, 0.3) is 0 Å². The zero-order valence-corrected chi connectivity index (χ0v) is 13.1. The van der Waals surface area contributed by atoms with E-state index in [1.54, 1.807) is 12.1 Å². The van der Waals surface area contributed by atoms with E-state index in [0.717, 1.165) is 12.8 Å². The molecule has 122 valence electrons. The monoisotopic (exact) mass is 315 g/mol. The van der Waals surface area contributed by atoms with Crippen molar-refractivity contribution in [1.29, 1.82) is 0 Å². The number of tetrazole rings is 1. The maximum Gasteiger partial charge on any atom is 0.251 e. The fourth-order valence-electron chi connectivity index (χ4n) is 2.41. The normalized spacial score (nSPS) is 16.8. The first-order valence-corrected chi connectivity index (χ1v) is 7.99. The predicted octanol–water partition coefficient (Wildman–Crippen LogP) is 1.33. The van der Waals surface area contributed by atoms with Crippen molar-refractivity contribution in [2.45, 2.75) is 44.9 Å². The van der Waals surface area contributed by atoms with Crippen molar-refractivity contribution in [1.82, 2.24) is 25.5 Å². The van der Waals surface area contributed by atoms with Gasteiger partial charge in [-0.1, -0.05) is 25.1 Å². The molecule has 2 N–H and O–H groups in total. The Labute approximate surface area is 134 Å². The fraction of sp³-hybridized carbons (Fsp3) is 0.500. The van der Waals surface area contributed by atoms with Crippen molar-refractivity contribution in [2.24, 2.45) is 5.92 Å². The van der Waals surface area contributed by atoms with Crippen molar-refractivity contribution in [3.63, 3.8) is 0 Å². The molecule has 0 aliphatic heterocycles. The summed E-state index contributed by atoms with van der Waals surface area (Å²) < 4.78 is 0. The summed E-state index contributed by atoms with van der Waals surface area (Å²) in [4.78, 5) is 13.8. The first-order chi connectivity index (χ1) is 11.2. The maximum absolute atomic E-state index is 12.4. The molecule has 0 saturated heterocycles. The lowest BCUT2D eigenvalue weighted by atomic mass is 10.1. The molecule has 0 radical (unpaired) electrons. The van der Waals surface area contributed by atoms with Gasteiger partial charge in [0.25, 0.3) is 5.91 Å². The van der Waals surface area contributed by atoms with Crippen LogP contribution >= 0.6 is 0 Å². The van der Waals surface area contributed by atoms with E-state index in [-0.39, 0.29) is 11.9 Å². The van der Waals surface area contributed by atoms with Gasteiger partial charge >= 0.3 is 0 Å². The van der Waals surface area contributed by atoms with Crippen LogP contribution in [0.15, 0.2) is 30.3 Å². The molecule has 1 aliphatic rings. The van der Waals surface area contributed by atoms with Gasteiger partial charge in [0.2, 0.25) is 0 Å². The molecule has 1 amide bonds. The highest BCUT2D eigenvalue weighted by Gasteiger charge is 2.36. The largest absolute Gasteiger partial charge is 0.391 e. The summed E-state index contributed by atoms with van der Waals surface area (Å²) in [5.74, 6) is 0.740. The Hall–Kier alpha value is -2.28. The van der Waals surface area contributed by atoms with Gasteiger partial charge in [-0.05, 0) is 42.5 Å². The summed E-state index contributed by atoms with van der Waals surface area (Å²) in [6.07, 6.45) is 2.24. The molecule has 1 aromatic heterocycles. The number of rotatable bonds is 7. The molecule has 7 heteroatoms. The van der Waals surface area contributed by atoms with Gasteiger partial charge in [0.1, 0.15) is 0 Å². The standard InChI is InChI=1S/C16H21N5O2/c1-2-13(22)10-21-19-15(18-20-21)14(11-8-9-11)17-16(23)12-6-4-3-5-7-12/h3-7,11,13-14,22H,2,8-10H2,1H3,(H,17,23)/t13-,14-/m0/s1. The Morgan fingerprint density at radius 2 is 2.13 bits per heavy atom. The zero-order valence-electron chi connectivity index (χ0n) is 13.1. The molecule has 2 atom stereocenters. The lowest BCUT2D eigenvalue weighted by molar-refractivity contribution is 0.0929.